The van der Waals surface area contributed by atoms with Crippen molar-refractivity contribution in [3.63, 3.8) is 0 Å². The topological polar surface area (TPSA) is 139 Å². The van der Waals surface area contributed by atoms with Crippen LogP contribution >= 0.6 is 0 Å². The molecule has 0 saturated carbocycles. The molecule has 0 spiro atoms. The number of hydrogen-bond acceptors (Lipinski definition) is 8. The molecule has 1 aromatic heterocycles. The molecule has 41 heavy (non-hydrogen) atoms. The Labute approximate surface area is 239 Å². The lowest BCUT2D eigenvalue weighted by atomic mass is 9.97. The van der Waals surface area contributed by atoms with Gasteiger partial charge in [0, 0.05) is 24.2 Å². The summed E-state index contributed by atoms with van der Waals surface area (Å²) in [6, 6.07) is 8.85. The number of aryl methyl sites for hydroxylation is 4. The number of nitrogens with zero attached hydrogens (tertiary/aromatic N) is 4. The fourth-order valence-electron chi connectivity index (χ4n) is 5.37. The maximum absolute atomic E-state index is 14.1. The third-order valence-corrected chi connectivity index (χ3v) is 7.13. The Kier molecular flexibility index (Phi) is 8.67. The summed E-state index contributed by atoms with van der Waals surface area (Å²) in [4.78, 5) is 29.9. The van der Waals surface area contributed by atoms with Crippen LogP contribution < -0.4 is 31.7 Å². The molecule has 3 aromatic rings. The largest absolute Gasteiger partial charge is 0.493 e. The molecule has 11 nitrogen and oxygen atoms in total. The van der Waals surface area contributed by atoms with Gasteiger partial charge < -0.3 is 20.5 Å². The van der Waals surface area contributed by atoms with Gasteiger partial charge in [0.2, 0.25) is 0 Å². The van der Waals surface area contributed by atoms with Crippen LogP contribution in [0.2, 0.25) is 0 Å². The van der Waals surface area contributed by atoms with Gasteiger partial charge in [-0.2, -0.15) is 0 Å². The smallest absolute Gasteiger partial charge is 0.330 e. The number of aromatic nitrogens is 2. The number of ether oxygens (including phenoxy) is 2. The predicted octanol–water partition coefficient (Wildman–Crippen LogP) is 3.49. The zero-order chi connectivity index (χ0) is 30.0. The molecular weight excluding hydrogens is 524 g/mol. The molecule has 1 atom stereocenters. The van der Waals surface area contributed by atoms with Crippen molar-refractivity contribution in [3.8, 4) is 22.8 Å². The van der Waals surface area contributed by atoms with Gasteiger partial charge in [-0.1, -0.05) is 17.7 Å². The normalized spacial score (nSPS) is 14.0. The van der Waals surface area contributed by atoms with Gasteiger partial charge in [-0.25, -0.2) is 9.79 Å². The van der Waals surface area contributed by atoms with E-state index in [1.54, 1.807) is 18.8 Å². The molecule has 2 heterocycles. The van der Waals surface area contributed by atoms with Gasteiger partial charge in [0.25, 0.3) is 6.20 Å². The highest BCUT2D eigenvalue weighted by molar-refractivity contribution is 5.70. The third-order valence-electron chi connectivity index (χ3n) is 7.13. The van der Waals surface area contributed by atoms with E-state index in [-0.39, 0.29) is 24.0 Å². The fraction of sp³-hybridized carbons (Fsp3) is 0.400. The Balaban J connectivity index is 1.99. The van der Waals surface area contributed by atoms with Crippen molar-refractivity contribution in [2.24, 2.45) is 10.7 Å². The van der Waals surface area contributed by atoms with Crippen LogP contribution in [0, 0.1) is 30.9 Å². The molecule has 1 aliphatic heterocycles. The van der Waals surface area contributed by atoms with Gasteiger partial charge >= 0.3 is 5.69 Å². The summed E-state index contributed by atoms with van der Waals surface area (Å²) in [5.41, 5.74) is 13.2. The monoisotopic (exact) mass is 562 g/mol. The van der Waals surface area contributed by atoms with Crippen molar-refractivity contribution in [1.29, 1.82) is 0 Å². The number of fused-ring (bicyclic) bond motifs is 3. The highest BCUT2D eigenvalue weighted by atomic mass is 16.6. The van der Waals surface area contributed by atoms with E-state index in [9.17, 15) is 14.9 Å². The van der Waals surface area contributed by atoms with E-state index in [4.69, 9.17) is 20.2 Å². The minimum absolute atomic E-state index is 0.0138. The zero-order valence-corrected chi connectivity index (χ0v) is 24.6. The maximum atomic E-state index is 14.1. The van der Waals surface area contributed by atoms with Gasteiger partial charge in [0.15, 0.2) is 11.5 Å². The Morgan fingerprint density at radius 3 is 2.34 bits per heavy atom. The van der Waals surface area contributed by atoms with E-state index in [2.05, 4.69) is 5.32 Å². The van der Waals surface area contributed by atoms with Crippen LogP contribution in [0.5, 0.6) is 11.5 Å². The van der Waals surface area contributed by atoms with Gasteiger partial charge in [0.05, 0.1) is 43.1 Å². The summed E-state index contributed by atoms with van der Waals surface area (Å²) in [6.07, 6.45) is 1.48. The van der Waals surface area contributed by atoms with Gasteiger partial charge in [-0.3, -0.25) is 19.2 Å². The summed E-state index contributed by atoms with van der Waals surface area (Å²) < 4.78 is 14.3. The molecule has 3 N–H and O–H groups in total. The predicted molar refractivity (Wildman–Crippen MR) is 158 cm³/mol. The first-order valence-electron chi connectivity index (χ1n) is 13.5. The van der Waals surface area contributed by atoms with Crippen LogP contribution in [0.3, 0.4) is 0 Å². The first kappa shape index (κ1) is 29.6. The average molecular weight is 563 g/mol. The average Bonchev–Trinajstić information content (AvgIpc) is 2.90. The molecule has 2 aromatic carbocycles. The van der Waals surface area contributed by atoms with Crippen LogP contribution in [0.25, 0.3) is 11.3 Å². The van der Waals surface area contributed by atoms with E-state index in [1.807, 2.05) is 65.0 Å². The minimum Gasteiger partial charge on any atom is -0.493 e. The molecule has 1 unspecified atom stereocenters. The molecule has 0 bridgehead atoms. The van der Waals surface area contributed by atoms with Crippen LogP contribution in [0.4, 0.5) is 5.69 Å². The number of nitrogens with two attached hydrogens (primary N) is 1. The second kappa shape index (κ2) is 12.0. The molecule has 218 valence electrons. The van der Waals surface area contributed by atoms with Crippen LogP contribution in [-0.2, 0) is 19.5 Å². The Morgan fingerprint density at radius 1 is 1.12 bits per heavy atom. The van der Waals surface area contributed by atoms with E-state index >= 15 is 0 Å². The fourth-order valence-corrected chi connectivity index (χ4v) is 5.37. The lowest BCUT2D eigenvalue weighted by Gasteiger charge is -2.26. The Bertz CT molecular complexity index is 1630. The second-order valence-electron chi connectivity index (χ2n) is 10.7. The van der Waals surface area contributed by atoms with Gasteiger partial charge in [-0.15, -0.1) is 0 Å². The maximum Gasteiger partial charge on any atom is 0.330 e. The number of rotatable bonds is 9. The van der Waals surface area contributed by atoms with E-state index in [0.29, 0.717) is 35.6 Å². The zero-order valence-electron chi connectivity index (χ0n) is 24.6. The molecule has 0 fully saturated rings. The molecule has 0 aliphatic carbocycles. The number of nitro groups is 1. The number of hydrogen-bond donors (Lipinski definition) is 2. The molecule has 4 rings (SSSR count). The van der Waals surface area contributed by atoms with Crippen molar-refractivity contribution in [1.82, 2.24) is 14.5 Å². The molecule has 0 radical (unpaired) electrons. The summed E-state index contributed by atoms with van der Waals surface area (Å²) in [5.74, 6) is 1.18. The second-order valence-corrected chi connectivity index (χ2v) is 10.7. The highest BCUT2D eigenvalue weighted by Gasteiger charge is 2.24. The van der Waals surface area contributed by atoms with E-state index < -0.39 is 11.0 Å². The summed E-state index contributed by atoms with van der Waals surface area (Å²) in [5, 5.41) is 14.4. The quantitative estimate of drug-likeness (QED) is 0.301. The standard InChI is InChI=1S/C30H38N6O5/c1-17(2)32-24(16-36(38)39)23(31)15-35-28(33-29-19(4)10-18(3)11-20(29)5)14-25-22-13-27(41-7)26(40-6)12-21(22)8-9-34(25)30(35)37/h10-14,16-17,23,32H,8-9,15,31H2,1-7H3. The lowest BCUT2D eigenvalue weighted by molar-refractivity contribution is -0.404. The molecule has 1 aliphatic rings. The van der Waals surface area contributed by atoms with E-state index in [1.165, 1.54) is 4.57 Å². The first-order valence-corrected chi connectivity index (χ1v) is 13.5. The summed E-state index contributed by atoms with van der Waals surface area (Å²) in [7, 11) is 3.17. The summed E-state index contributed by atoms with van der Waals surface area (Å²) >= 11 is 0. The van der Waals surface area contributed by atoms with Crippen LogP contribution in [-0.4, -0.2) is 40.4 Å². The van der Waals surface area contributed by atoms with E-state index in [0.717, 1.165) is 39.7 Å². The van der Waals surface area contributed by atoms with Gasteiger partial charge in [-0.05, 0) is 69.9 Å². The Hall–Kier alpha value is -4.38. The number of benzene rings is 2. The van der Waals surface area contributed by atoms with Gasteiger partial charge in [0.1, 0.15) is 11.2 Å². The number of nitrogens with one attached hydrogen (secondary N) is 1. The molecular formula is C30H38N6O5. The van der Waals surface area contributed by atoms with Crippen LogP contribution in [0.1, 0.15) is 36.1 Å². The highest BCUT2D eigenvalue weighted by Crippen LogP contribution is 2.37. The first-order chi connectivity index (χ1) is 19.4. The van der Waals surface area contributed by atoms with Crippen molar-refractivity contribution in [2.75, 3.05) is 14.2 Å². The van der Waals surface area contributed by atoms with Crippen LogP contribution in [0.15, 0.2) is 52.0 Å². The van der Waals surface area contributed by atoms with Crippen molar-refractivity contribution < 1.29 is 14.4 Å². The molecule has 0 saturated heterocycles. The van der Waals surface area contributed by atoms with Crippen molar-refractivity contribution in [3.05, 3.63) is 90.6 Å². The summed E-state index contributed by atoms with van der Waals surface area (Å²) in [6.45, 7) is 10.2. The molecule has 0 amide bonds. The Morgan fingerprint density at radius 2 is 1.76 bits per heavy atom. The van der Waals surface area contributed by atoms with Crippen molar-refractivity contribution in [2.45, 2.75) is 66.2 Å². The lowest BCUT2D eigenvalue weighted by Crippen LogP contribution is -2.47. The minimum atomic E-state index is -0.853. The molecule has 11 heteroatoms. The third kappa shape index (κ3) is 6.19. The number of methoxy groups -OCH3 is 2. The SMILES string of the molecule is COc1cc2c(cc1OC)-c1cc(=Nc3c(C)cc(C)cc3C)n(CC(N)C(=C[N+](=O)[O-])NC(C)C)c(=O)n1CC2. The van der Waals surface area contributed by atoms with Crippen molar-refractivity contribution >= 4 is 5.69 Å².